The molecule has 13 heavy (non-hydrogen) atoms. The zero-order chi connectivity index (χ0) is 9.47. The van der Waals surface area contributed by atoms with E-state index in [1.165, 1.54) is 0 Å². The van der Waals surface area contributed by atoms with Crippen LogP contribution in [-0.4, -0.2) is 17.5 Å². The van der Waals surface area contributed by atoms with Gasteiger partial charge >= 0.3 is 6.03 Å². The molecular formula is C9H14N2O2. The molecule has 1 unspecified atom stereocenters. The maximum Gasteiger partial charge on any atom is 0.322 e. The molecule has 1 aliphatic carbocycles. The molecule has 0 aromatic rings. The number of nitrogens with one attached hydrogen (secondary N) is 2. The third-order valence-corrected chi connectivity index (χ3v) is 2.89. The van der Waals surface area contributed by atoms with Crippen LogP contribution in [0.25, 0.3) is 0 Å². The highest BCUT2D eigenvalue weighted by Gasteiger charge is 2.54. The Hall–Kier alpha value is -1.06. The van der Waals surface area contributed by atoms with E-state index in [0.717, 1.165) is 25.7 Å². The van der Waals surface area contributed by atoms with Crippen molar-refractivity contribution in [1.29, 1.82) is 0 Å². The van der Waals surface area contributed by atoms with E-state index >= 15 is 0 Å². The van der Waals surface area contributed by atoms with Crippen molar-refractivity contribution in [3.05, 3.63) is 0 Å². The van der Waals surface area contributed by atoms with Gasteiger partial charge in [-0.3, -0.25) is 10.1 Å². The topological polar surface area (TPSA) is 58.2 Å². The summed E-state index contributed by atoms with van der Waals surface area (Å²) in [5.41, 5.74) is -0.564. The molecule has 1 aliphatic heterocycles. The predicted molar refractivity (Wildman–Crippen MR) is 47.0 cm³/mol. The minimum atomic E-state index is -0.564. The summed E-state index contributed by atoms with van der Waals surface area (Å²) in [5.74, 6) is 0.251. The first kappa shape index (κ1) is 8.53. The largest absolute Gasteiger partial charge is 0.323 e. The van der Waals surface area contributed by atoms with Crippen molar-refractivity contribution >= 4 is 11.9 Å². The van der Waals surface area contributed by atoms with Crippen LogP contribution in [0, 0.1) is 5.92 Å². The van der Waals surface area contributed by atoms with Crippen LogP contribution in [-0.2, 0) is 4.79 Å². The van der Waals surface area contributed by atoms with Crippen molar-refractivity contribution in [3.8, 4) is 0 Å². The Morgan fingerprint density at radius 3 is 2.54 bits per heavy atom. The lowest BCUT2D eigenvalue weighted by Crippen LogP contribution is -2.48. The quantitative estimate of drug-likeness (QED) is 0.633. The molecule has 0 aromatic carbocycles. The molecule has 0 spiro atoms. The summed E-state index contributed by atoms with van der Waals surface area (Å²) in [4.78, 5) is 22.6. The number of urea groups is 1. The second kappa shape index (κ2) is 2.72. The highest BCUT2D eigenvalue weighted by atomic mass is 16.2. The summed E-state index contributed by atoms with van der Waals surface area (Å²) >= 11 is 0. The number of carbonyl (C=O) groups excluding carboxylic acids is 2. The van der Waals surface area contributed by atoms with E-state index in [0.29, 0.717) is 5.92 Å². The summed E-state index contributed by atoms with van der Waals surface area (Å²) < 4.78 is 0. The molecule has 0 bridgehead atoms. The lowest BCUT2D eigenvalue weighted by atomic mass is 9.88. The van der Waals surface area contributed by atoms with Gasteiger partial charge in [0.1, 0.15) is 5.54 Å². The number of hydrogen-bond donors (Lipinski definition) is 2. The third-order valence-electron chi connectivity index (χ3n) is 2.89. The predicted octanol–water partition coefficient (Wildman–Crippen LogP) is 0.775. The van der Waals surface area contributed by atoms with Crippen molar-refractivity contribution in [2.45, 2.75) is 38.1 Å². The van der Waals surface area contributed by atoms with Gasteiger partial charge in [0.25, 0.3) is 5.91 Å². The van der Waals surface area contributed by atoms with Gasteiger partial charge in [-0.2, -0.15) is 0 Å². The Kier molecular flexibility index (Phi) is 1.78. The smallest absolute Gasteiger partial charge is 0.322 e. The molecular weight excluding hydrogens is 168 g/mol. The maximum absolute atomic E-state index is 11.6. The Bertz CT molecular complexity index is 260. The summed E-state index contributed by atoms with van der Waals surface area (Å²) in [6, 6.07) is -0.328. The second-order valence-electron chi connectivity index (χ2n) is 3.90. The van der Waals surface area contributed by atoms with E-state index in [1.54, 1.807) is 0 Å². The van der Waals surface area contributed by atoms with Gasteiger partial charge in [0, 0.05) is 0 Å². The lowest BCUT2D eigenvalue weighted by Gasteiger charge is -2.24. The highest BCUT2D eigenvalue weighted by molar-refractivity contribution is 6.07. The maximum atomic E-state index is 11.6. The van der Waals surface area contributed by atoms with Gasteiger partial charge in [0.05, 0.1) is 0 Å². The fourth-order valence-corrected chi connectivity index (χ4v) is 2.14. The zero-order valence-electron chi connectivity index (χ0n) is 7.72. The van der Waals surface area contributed by atoms with Crippen LogP contribution in [0.1, 0.15) is 32.6 Å². The normalized spacial score (nSPS) is 33.0. The van der Waals surface area contributed by atoms with Crippen LogP contribution in [0.15, 0.2) is 0 Å². The SMILES string of the molecule is CCCC1(C2CC2)NC(=O)NC1=O. The van der Waals surface area contributed by atoms with Gasteiger partial charge < -0.3 is 5.32 Å². The molecule has 1 atom stereocenters. The van der Waals surface area contributed by atoms with Gasteiger partial charge in [-0.25, -0.2) is 4.79 Å². The number of rotatable bonds is 3. The molecule has 2 aliphatic rings. The van der Waals surface area contributed by atoms with Gasteiger partial charge in [-0.1, -0.05) is 13.3 Å². The first-order valence-corrected chi connectivity index (χ1v) is 4.82. The summed E-state index contributed by atoms with van der Waals surface area (Å²) in [6.07, 6.45) is 3.81. The van der Waals surface area contributed by atoms with Crippen LogP contribution in [0.4, 0.5) is 4.79 Å². The first-order valence-electron chi connectivity index (χ1n) is 4.82. The van der Waals surface area contributed by atoms with E-state index in [1.807, 2.05) is 6.92 Å². The van der Waals surface area contributed by atoms with Crippen LogP contribution in [0.5, 0.6) is 0 Å². The average molecular weight is 182 g/mol. The minimum Gasteiger partial charge on any atom is -0.323 e. The molecule has 0 aromatic heterocycles. The molecule has 0 radical (unpaired) electrons. The van der Waals surface area contributed by atoms with Gasteiger partial charge in [-0.15, -0.1) is 0 Å². The Labute approximate surface area is 77.1 Å². The first-order chi connectivity index (χ1) is 6.19. The van der Waals surface area contributed by atoms with Crippen molar-refractivity contribution in [1.82, 2.24) is 10.6 Å². The molecule has 1 saturated heterocycles. The van der Waals surface area contributed by atoms with E-state index in [9.17, 15) is 9.59 Å². The minimum absolute atomic E-state index is 0.123. The number of amides is 3. The van der Waals surface area contributed by atoms with Crippen molar-refractivity contribution in [2.24, 2.45) is 5.92 Å². The molecule has 4 heteroatoms. The van der Waals surface area contributed by atoms with E-state index in [-0.39, 0.29) is 11.9 Å². The summed E-state index contributed by atoms with van der Waals surface area (Å²) in [5, 5.41) is 5.11. The number of carbonyl (C=O) groups is 2. The van der Waals surface area contributed by atoms with E-state index in [2.05, 4.69) is 10.6 Å². The Balaban J connectivity index is 2.21. The molecule has 72 valence electrons. The molecule has 1 saturated carbocycles. The summed E-state index contributed by atoms with van der Waals surface area (Å²) in [6.45, 7) is 2.03. The third kappa shape index (κ3) is 1.20. The number of imide groups is 1. The monoisotopic (exact) mass is 182 g/mol. The average Bonchev–Trinajstić information content (AvgIpc) is 2.82. The second-order valence-corrected chi connectivity index (χ2v) is 3.90. The molecule has 2 rings (SSSR count). The van der Waals surface area contributed by atoms with Crippen LogP contribution in [0.3, 0.4) is 0 Å². The van der Waals surface area contributed by atoms with Crippen LogP contribution < -0.4 is 10.6 Å². The Morgan fingerprint density at radius 2 is 2.15 bits per heavy atom. The Morgan fingerprint density at radius 1 is 1.46 bits per heavy atom. The van der Waals surface area contributed by atoms with Crippen molar-refractivity contribution in [3.63, 3.8) is 0 Å². The molecule has 4 nitrogen and oxygen atoms in total. The number of hydrogen-bond acceptors (Lipinski definition) is 2. The standard InChI is InChI=1S/C9H14N2O2/c1-2-5-9(6-3-4-6)7(12)10-8(13)11-9/h6H,2-5H2,1H3,(H2,10,11,12,13). The zero-order valence-corrected chi connectivity index (χ0v) is 7.72. The van der Waals surface area contributed by atoms with Gasteiger partial charge in [0.15, 0.2) is 0 Å². The lowest BCUT2D eigenvalue weighted by molar-refractivity contribution is -0.125. The summed E-state index contributed by atoms with van der Waals surface area (Å²) in [7, 11) is 0. The van der Waals surface area contributed by atoms with Crippen LogP contribution >= 0.6 is 0 Å². The fraction of sp³-hybridized carbons (Fsp3) is 0.778. The molecule has 1 heterocycles. The molecule has 3 amide bonds. The van der Waals surface area contributed by atoms with Crippen molar-refractivity contribution < 1.29 is 9.59 Å². The van der Waals surface area contributed by atoms with Crippen LogP contribution in [0.2, 0.25) is 0 Å². The molecule has 2 N–H and O–H groups in total. The van der Waals surface area contributed by atoms with Gasteiger partial charge in [-0.05, 0) is 25.2 Å². The van der Waals surface area contributed by atoms with Crippen molar-refractivity contribution in [2.75, 3.05) is 0 Å². The van der Waals surface area contributed by atoms with E-state index < -0.39 is 5.54 Å². The van der Waals surface area contributed by atoms with Gasteiger partial charge in [0.2, 0.25) is 0 Å². The fourth-order valence-electron chi connectivity index (χ4n) is 2.14. The highest BCUT2D eigenvalue weighted by Crippen LogP contribution is 2.43. The molecule has 2 fully saturated rings. The van der Waals surface area contributed by atoms with E-state index in [4.69, 9.17) is 0 Å².